The molecule has 1 amide bonds. The van der Waals surface area contributed by atoms with E-state index in [9.17, 15) is 9.18 Å². The number of carbonyl (C=O) groups is 1. The van der Waals surface area contributed by atoms with Gasteiger partial charge in [-0.25, -0.2) is 4.39 Å². The molecule has 0 aliphatic carbocycles. The van der Waals surface area contributed by atoms with Gasteiger partial charge in [0.1, 0.15) is 18.2 Å². The number of H-pyrrole nitrogens is 1. The van der Waals surface area contributed by atoms with Crippen molar-refractivity contribution in [1.82, 2.24) is 15.1 Å². The molecule has 0 atom stereocenters. The van der Waals surface area contributed by atoms with Crippen LogP contribution < -0.4 is 10.1 Å². The molecule has 6 nitrogen and oxygen atoms in total. The molecule has 32 heavy (non-hydrogen) atoms. The Labute approximate surface area is 185 Å². The fourth-order valence-electron chi connectivity index (χ4n) is 4.14. The summed E-state index contributed by atoms with van der Waals surface area (Å²) in [5.74, 6) is 0.159. The van der Waals surface area contributed by atoms with E-state index in [2.05, 4.69) is 33.7 Å². The highest BCUT2D eigenvalue weighted by atomic mass is 19.1. The van der Waals surface area contributed by atoms with Gasteiger partial charge in [-0.1, -0.05) is 18.2 Å². The minimum Gasteiger partial charge on any atom is -0.491 e. The van der Waals surface area contributed by atoms with Crippen molar-refractivity contribution in [2.45, 2.75) is 13.5 Å². The molecule has 0 saturated carbocycles. The molecule has 5 rings (SSSR count). The maximum absolute atomic E-state index is 14.6. The maximum Gasteiger partial charge on any atom is 0.254 e. The quantitative estimate of drug-likeness (QED) is 0.492. The molecule has 0 saturated heterocycles. The van der Waals surface area contributed by atoms with Crippen LogP contribution in [0.25, 0.3) is 22.0 Å². The Kier molecular flexibility index (Phi) is 5.01. The minimum atomic E-state index is -0.402. The third-order valence-electron chi connectivity index (χ3n) is 5.99. The molecule has 3 aromatic carbocycles. The number of ether oxygens (including phenoxy) is 1. The lowest BCUT2D eigenvalue weighted by Crippen LogP contribution is -2.33. The second-order valence-electron chi connectivity index (χ2n) is 7.92. The normalized spacial score (nSPS) is 13.4. The fourth-order valence-corrected chi connectivity index (χ4v) is 4.14. The molecule has 0 unspecified atom stereocenters. The first kappa shape index (κ1) is 20.1. The molecule has 162 valence electrons. The molecule has 0 bridgehead atoms. The summed E-state index contributed by atoms with van der Waals surface area (Å²) in [5.41, 5.74) is 5.05. The van der Waals surface area contributed by atoms with Crippen molar-refractivity contribution in [3.05, 3.63) is 77.2 Å². The maximum atomic E-state index is 14.6. The number of nitrogens with one attached hydrogen (secondary N) is 2. The van der Waals surface area contributed by atoms with Gasteiger partial charge in [0.2, 0.25) is 0 Å². The number of carbonyl (C=O) groups excluding carboxylic acids is 1. The van der Waals surface area contributed by atoms with E-state index in [-0.39, 0.29) is 5.91 Å². The van der Waals surface area contributed by atoms with E-state index >= 15 is 0 Å². The highest BCUT2D eigenvalue weighted by Gasteiger charge is 2.24. The van der Waals surface area contributed by atoms with E-state index in [1.165, 1.54) is 0 Å². The van der Waals surface area contributed by atoms with Gasteiger partial charge in [-0.15, -0.1) is 0 Å². The van der Waals surface area contributed by atoms with Crippen molar-refractivity contribution < 1.29 is 13.9 Å². The van der Waals surface area contributed by atoms with Crippen LogP contribution in [0.4, 0.5) is 10.1 Å². The topological polar surface area (TPSA) is 70.2 Å². The Hall–Kier alpha value is -3.87. The predicted octanol–water partition coefficient (Wildman–Crippen LogP) is 4.75. The Bertz CT molecular complexity index is 1330. The van der Waals surface area contributed by atoms with E-state index < -0.39 is 5.82 Å². The summed E-state index contributed by atoms with van der Waals surface area (Å²) in [4.78, 5) is 15.0. The van der Waals surface area contributed by atoms with Gasteiger partial charge < -0.3 is 15.0 Å². The van der Waals surface area contributed by atoms with Crippen LogP contribution >= 0.6 is 0 Å². The lowest BCUT2D eigenvalue weighted by molar-refractivity contribution is 0.0732. The largest absolute Gasteiger partial charge is 0.491 e. The van der Waals surface area contributed by atoms with Crippen LogP contribution in [-0.4, -0.2) is 41.2 Å². The molecular weight excluding hydrogens is 407 g/mol. The van der Waals surface area contributed by atoms with E-state index in [1.807, 2.05) is 18.2 Å². The number of halogens is 1. The zero-order chi connectivity index (χ0) is 22.2. The number of hydrogen-bond acceptors (Lipinski definition) is 4. The van der Waals surface area contributed by atoms with Crippen LogP contribution in [0.5, 0.6) is 5.75 Å². The van der Waals surface area contributed by atoms with E-state index in [0.717, 1.165) is 33.3 Å². The molecular formula is C25H23FN4O2. The van der Waals surface area contributed by atoms with Gasteiger partial charge in [0.05, 0.1) is 23.9 Å². The molecule has 4 aromatic rings. The Morgan fingerprint density at radius 1 is 1.16 bits per heavy atom. The van der Waals surface area contributed by atoms with Gasteiger partial charge in [0.15, 0.2) is 0 Å². The molecule has 1 aliphatic rings. The van der Waals surface area contributed by atoms with Gasteiger partial charge >= 0.3 is 0 Å². The number of hydrogen-bond donors (Lipinski definition) is 2. The Morgan fingerprint density at radius 2 is 1.97 bits per heavy atom. The van der Waals surface area contributed by atoms with Gasteiger partial charge in [0.25, 0.3) is 5.91 Å². The van der Waals surface area contributed by atoms with Crippen molar-refractivity contribution in [2.75, 3.05) is 25.5 Å². The number of fused-ring (bicyclic) bond motifs is 2. The monoisotopic (exact) mass is 430 g/mol. The average Bonchev–Trinajstić information content (AvgIpc) is 3.18. The number of amides is 1. The summed E-state index contributed by atoms with van der Waals surface area (Å²) >= 11 is 0. The summed E-state index contributed by atoms with van der Waals surface area (Å²) in [7, 11) is 1.66. The zero-order valence-electron chi connectivity index (χ0n) is 17.9. The van der Waals surface area contributed by atoms with Crippen molar-refractivity contribution in [2.24, 2.45) is 0 Å². The van der Waals surface area contributed by atoms with Crippen molar-refractivity contribution in [3.8, 4) is 16.9 Å². The lowest BCUT2D eigenvalue weighted by atomic mass is 10.0. The molecule has 1 aromatic heterocycles. The second-order valence-corrected chi connectivity index (χ2v) is 7.92. The Morgan fingerprint density at radius 3 is 2.81 bits per heavy atom. The van der Waals surface area contributed by atoms with Crippen molar-refractivity contribution >= 4 is 22.5 Å². The third kappa shape index (κ3) is 3.45. The smallest absolute Gasteiger partial charge is 0.254 e. The van der Waals surface area contributed by atoms with Crippen LogP contribution in [0.1, 0.15) is 21.5 Å². The standard InChI is InChI=1S/C25H23FN4O2/c1-15-20(6-7-21(27-2)24(15)26)25(31)30-9-10-32-23-8-5-16(11-19(23)14-30)17-3-4-18-13-28-29-22(18)12-17/h3-8,11-13,27H,9-10,14H2,1-2H3,(H,28,29). The summed E-state index contributed by atoms with van der Waals surface area (Å²) in [5, 5.41) is 10.9. The molecule has 0 radical (unpaired) electrons. The lowest BCUT2D eigenvalue weighted by Gasteiger charge is -2.21. The number of aromatic nitrogens is 2. The first-order valence-electron chi connectivity index (χ1n) is 10.5. The summed E-state index contributed by atoms with van der Waals surface area (Å²) in [6.07, 6.45) is 1.79. The van der Waals surface area contributed by atoms with E-state index in [4.69, 9.17) is 4.74 Å². The molecule has 1 aliphatic heterocycles. The van der Waals surface area contributed by atoms with Crippen molar-refractivity contribution in [3.63, 3.8) is 0 Å². The van der Waals surface area contributed by atoms with Crippen LogP contribution in [0, 0.1) is 12.7 Å². The van der Waals surface area contributed by atoms with Crippen LogP contribution in [0.2, 0.25) is 0 Å². The highest BCUT2D eigenvalue weighted by Crippen LogP contribution is 2.31. The van der Waals surface area contributed by atoms with Gasteiger partial charge in [-0.05, 0) is 53.9 Å². The SMILES string of the molecule is CNc1ccc(C(=O)N2CCOc3ccc(-c4ccc5cn[nH]c5c4)cc3C2)c(C)c1F. The van der Waals surface area contributed by atoms with Gasteiger partial charge in [-0.2, -0.15) is 5.10 Å². The number of anilines is 1. The molecule has 2 heterocycles. The zero-order valence-corrected chi connectivity index (χ0v) is 17.9. The van der Waals surface area contributed by atoms with E-state index in [0.29, 0.717) is 36.5 Å². The van der Waals surface area contributed by atoms with Crippen molar-refractivity contribution in [1.29, 1.82) is 0 Å². The molecule has 7 heteroatoms. The van der Waals surface area contributed by atoms with Gasteiger partial charge in [0, 0.05) is 30.1 Å². The molecule has 2 N–H and O–H groups in total. The number of aromatic amines is 1. The van der Waals surface area contributed by atoms with Crippen LogP contribution in [0.15, 0.2) is 54.7 Å². The number of benzene rings is 3. The fraction of sp³-hybridized carbons (Fsp3) is 0.200. The highest BCUT2D eigenvalue weighted by molar-refractivity contribution is 5.96. The number of nitrogens with zero attached hydrogens (tertiary/aromatic N) is 2. The summed E-state index contributed by atoms with van der Waals surface area (Å²) in [6.45, 7) is 2.84. The summed E-state index contributed by atoms with van der Waals surface area (Å²) < 4.78 is 20.5. The average molecular weight is 430 g/mol. The number of rotatable bonds is 3. The summed E-state index contributed by atoms with van der Waals surface area (Å²) in [6, 6.07) is 15.4. The first-order valence-corrected chi connectivity index (χ1v) is 10.5. The van der Waals surface area contributed by atoms with Gasteiger partial charge in [-0.3, -0.25) is 9.89 Å². The first-order chi connectivity index (χ1) is 15.5. The molecule has 0 fully saturated rings. The third-order valence-corrected chi connectivity index (χ3v) is 5.99. The molecule has 0 spiro atoms. The Balaban J connectivity index is 1.46. The van der Waals surface area contributed by atoms with Crippen LogP contribution in [0.3, 0.4) is 0 Å². The minimum absolute atomic E-state index is 0.204. The second kappa shape index (κ2) is 8.00. The van der Waals surface area contributed by atoms with Crippen LogP contribution in [-0.2, 0) is 6.54 Å². The predicted molar refractivity (Wildman–Crippen MR) is 122 cm³/mol. The van der Waals surface area contributed by atoms with E-state index in [1.54, 1.807) is 37.2 Å².